The van der Waals surface area contributed by atoms with Crippen molar-refractivity contribution in [2.24, 2.45) is 0 Å². The van der Waals surface area contributed by atoms with E-state index in [1.807, 2.05) is 12.1 Å². The summed E-state index contributed by atoms with van der Waals surface area (Å²) in [5, 5.41) is 8.36. The molecule has 0 aromatic heterocycles. The molecule has 0 heterocycles. The Labute approximate surface area is 101 Å². The summed E-state index contributed by atoms with van der Waals surface area (Å²) in [4.78, 5) is 10.4. The third-order valence-electron chi connectivity index (χ3n) is 2.49. The third kappa shape index (κ3) is 4.23. The van der Waals surface area contributed by atoms with Crippen LogP contribution in [-0.4, -0.2) is 11.1 Å². The van der Waals surface area contributed by atoms with Crippen LogP contribution in [-0.2, 0) is 11.2 Å². The van der Waals surface area contributed by atoms with E-state index in [0.717, 1.165) is 18.4 Å². The molecule has 1 N–H and O–H groups in total. The zero-order chi connectivity index (χ0) is 12.0. The number of hydrogen-bond donors (Lipinski definition) is 1. The van der Waals surface area contributed by atoms with Crippen molar-refractivity contribution < 1.29 is 9.90 Å². The Kier molecular flexibility index (Phi) is 5.33. The molecule has 0 radical (unpaired) electrons. The number of carboxylic acid groups (broad SMARTS) is 1. The van der Waals surface area contributed by atoms with Crippen LogP contribution in [0.3, 0.4) is 0 Å². The molecule has 1 atom stereocenters. The molecule has 1 aromatic carbocycles. The van der Waals surface area contributed by atoms with Gasteiger partial charge >= 0.3 is 5.97 Å². The van der Waals surface area contributed by atoms with Crippen LogP contribution >= 0.6 is 11.6 Å². The van der Waals surface area contributed by atoms with Gasteiger partial charge in [0.1, 0.15) is 0 Å². The molecule has 0 spiro atoms. The molecule has 2 nitrogen and oxygen atoms in total. The highest BCUT2D eigenvalue weighted by Gasteiger charge is 2.09. The summed E-state index contributed by atoms with van der Waals surface area (Å²) in [6.07, 6.45) is 2.79. The number of benzene rings is 1. The predicted octanol–water partition coefficient (Wildman–Crippen LogP) is 3.78. The van der Waals surface area contributed by atoms with E-state index in [2.05, 4.69) is 19.1 Å². The largest absolute Gasteiger partial charge is 0.481 e. The van der Waals surface area contributed by atoms with E-state index >= 15 is 0 Å². The van der Waals surface area contributed by atoms with Crippen molar-refractivity contribution in [3.63, 3.8) is 0 Å². The Bertz CT molecular complexity index is 332. The number of alkyl halides is 1. The number of hydrogen-bond acceptors (Lipinski definition) is 1. The van der Waals surface area contributed by atoms with Crippen LogP contribution in [0.1, 0.15) is 42.7 Å². The lowest BCUT2D eigenvalue weighted by atomic mass is 10.0. The number of aliphatic carboxylic acids is 1. The van der Waals surface area contributed by atoms with Crippen LogP contribution in [0.2, 0.25) is 0 Å². The number of carboxylic acids is 1. The minimum atomic E-state index is -0.798. The summed E-state index contributed by atoms with van der Waals surface area (Å²) >= 11 is 6.12. The molecule has 0 saturated carbocycles. The van der Waals surface area contributed by atoms with Crippen LogP contribution in [0.4, 0.5) is 0 Å². The highest BCUT2D eigenvalue weighted by Crippen LogP contribution is 2.25. The first kappa shape index (κ1) is 13.0. The summed E-state index contributed by atoms with van der Waals surface area (Å²) in [6.45, 7) is 2.14. The summed E-state index contributed by atoms with van der Waals surface area (Å²) < 4.78 is 0. The predicted molar refractivity (Wildman–Crippen MR) is 65.9 cm³/mol. The minimum absolute atomic E-state index is 0.116. The first-order chi connectivity index (χ1) is 7.63. The van der Waals surface area contributed by atoms with Gasteiger partial charge in [-0.3, -0.25) is 4.79 Å². The van der Waals surface area contributed by atoms with Crippen LogP contribution in [0, 0.1) is 0 Å². The second-order valence-corrected chi connectivity index (χ2v) is 4.42. The van der Waals surface area contributed by atoms with Gasteiger partial charge in [-0.2, -0.15) is 0 Å². The van der Waals surface area contributed by atoms with E-state index in [9.17, 15) is 4.79 Å². The molecular formula is C13H17ClO2. The molecule has 0 aliphatic heterocycles. The second-order valence-electron chi connectivity index (χ2n) is 3.89. The minimum Gasteiger partial charge on any atom is -0.481 e. The fourth-order valence-electron chi connectivity index (χ4n) is 1.60. The average Bonchev–Trinajstić information content (AvgIpc) is 2.27. The van der Waals surface area contributed by atoms with Gasteiger partial charge in [0.15, 0.2) is 0 Å². The standard InChI is InChI=1S/C13H17ClO2/c1-2-3-10-4-6-11(7-5-10)12(14)8-9-13(15)16/h4-7,12H,2-3,8-9H2,1H3,(H,15,16). The maximum absolute atomic E-state index is 10.4. The van der Waals surface area contributed by atoms with E-state index < -0.39 is 5.97 Å². The Hall–Kier alpha value is -1.02. The first-order valence-corrected chi connectivity index (χ1v) is 6.01. The molecule has 0 aliphatic carbocycles. The quantitative estimate of drug-likeness (QED) is 0.769. The number of aryl methyl sites for hydroxylation is 1. The van der Waals surface area contributed by atoms with Gasteiger partial charge in [0, 0.05) is 6.42 Å². The highest BCUT2D eigenvalue weighted by molar-refractivity contribution is 6.20. The molecule has 3 heteroatoms. The van der Waals surface area contributed by atoms with E-state index in [-0.39, 0.29) is 11.8 Å². The molecule has 88 valence electrons. The van der Waals surface area contributed by atoms with Gasteiger partial charge in [-0.05, 0) is 24.0 Å². The van der Waals surface area contributed by atoms with Gasteiger partial charge in [0.25, 0.3) is 0 Å². The summed E-state index contributed by atoms with van der Waals surface area (Å²) in [5.74, 6) is -0.798. The van der Waals surface area contributed by atoms with Crippen LogP contribution in [0.5, 0.6) is 0 Å². The van der Waals surface area contributed by atoms with E-state index in [1.165, 1.54) is 5.56 Å². The van der Waals surface area contributed by atoms with Gasteiger partial charge in [0.05, 0.1) is 5.38 Å². The topological polar surface area (TPSA) is 37.3 Å². The van der Waals surface area contributed by atoms with Crippen molar-refractivity contribution in [3.8, 4) is 0 Å². The maximum atomic E-state index is 10.4. The van der Waals surface area contributed by atoms with Crippen LogP contribution in [0.25, 0.3) is 0 Å². The smallest absolute Gasteiger partial charge is 0.303 e. The molecule has 1 aromatic rings. The number of carbonyl (C=O) groups is 1. The summed E-state index contributed by atoms with van der Waals surface area (Å²) in [7, 11) is 0. The van der Waals surface area contributed by atoms with E-state index in [0.29, 0.717) is 6.42 Å². The van der Waals surface area contributed by atoms with Crippen molar-refractivity contribution in [2.45, 2.75) is 38.0 Å². The van der Waals surface area contributed by atoms with Gasteiger partial charge in [-0.1, -0.05) is 37.6 Å². The molecule has 0 amide bonds. The Balaban J connectivity index is 2.55. The fraction of sp³-hybridized carbons (Fsp3) is 0.462. The monoisotopic (exact) mass is 240 g/mol. The highest BCUT2D eigenvalue weighted by atomic mass is 35.5. The Morgan fingerprint density at radius 3 is 2.50 bits per heavy atom. The summed E-state index contributed by atoms with van der Waals surface area (Å²) in [5.41, 5.74) is 2.30. The molecule has 1 unspecified atom stereocenters. The van der Waals surface area contributed by atoms with Crippen molar-refractivity contribution in [3.05, 3.63) is 35.4 Å². The maximum Gasteiger partial charge on any atom is 0.303 e. The third-order valence-corrected chi connectivity index (χ3v) is 2.96. The van der Waals surface area contributed by atoms with Gasteiger partial charge in [-0.25, -0.2) is 0 Å². The van der Waals surface area contributed by atoms with Gasteiger partial charge in [0.2, 0.25) is 0 Å². The average molecular weight is 241 g/mol. The van der Waals surface area contributed by atoms with E-state index in [4.69, 9.17) is 16.7 Å². The fourth-order valence-corrected chi connectivity index (χ4v) is 1.85. The van der Waals surface area contributed by atoms with Crippen LogP contribution in [0.15, 0.2) is 24.3 Å². The number of halogens is 1. The molecule has 16 heavy (non-hydrogen) atoms. The van der Waals surface area contributed by atoms with E-state index in [1.54, 1.807) is 0 Å². The molecule has 0 bridgehead atoms. The second kappa shape index (κ2) is 6.54. The Morgan fingerprint density at radius 2 is 2.00 bits per heavy atom. The zero-order valence-electron chi connectivity index (χ0n) is 9.45. The lowest BCUT2D eigenvalue weighted by Gasteiger charge is -2.09. The van der Waals surface area contributed by atoms with Crippen molar-refractivity contribution in [1.82, 2.24) is 0 Å². The normalized spacial score (nSPS) is 12.4. The van der Waals surface area contributed by atoms with Gasteiger partial charge in [-0.15, -0.1) is 11.6 Å². The number of rotatable bonds is 6. The van der Waals surface area contributed by atoms with Gasteiger partial charge < -0.3 is 5.11 Å². The zero-order valence-corrected chi connectivity index (χ0v) is 10.2. The molecule has 1 rings (SSSR count). The lowest BCUT2D eigenvalue weighted by Crippen LogP contribution is -1.98. The molecule has 0 fully saturated rings. The van der Waals surface area contributed by atoms with Crippen LogP contribution < -0.4 is 0 Å². The van der Waals surface area contributed by atoms with Crippen molar-refractivity contribution in [2.75, 3.05) is 0 Å². The lowest BCUT2D eigenvalue weighted by molar-refractivity contribution is -0.137. The molecule has 0 saturated heterocycles. The van der Waals surface area contributed by atoms with Crippen molar-refractivity contribution in [1.29, 1.82) is 0 Å². The molecule has 0 aliphatic rings. The summed E-state index contributed by atoms with van der Waals surface area (Å²) in [6, 6.07) is 8.11. The Morgan fingerprint density at radius 1 is 1.38 bits per heavy atom. The first-order valence-electron chi connectivity index (χ1n) is 5.58. The SMILES string of the molecule is CCCc1ccc(C(Cl)CCC(=O)O)cc1. The van der Waals surface area contributed by atoms with Crippen molar-refractivity contribution >= 4 is 17.6 Å². The molecular weight excluding hydrogens is 224 g/mol.